The Morgan fingerprint density at radius 2 is 2.06 bits per heavy atom. The summed E-state index contributed by atoms with van der Waals surface area (Å²) in [6.07, 6.45) is 1.65. The van der Waals surface area contributed by atoms with Crippen LogP contribution in [0.5, 0.6) is 0 Å². The van der Waals surface area contributed by atoms with Crippen molar-refractivity contribution in [1.29, 1.82) is 0 Å². The fourth-order valence-corrected chi connectivity index (χ4v) is 1.69. The zero-order chi connectivity index (χ0) is 13.0. The van der Waals surface area contributed by atoms with E-state index in [1.54, 1.807) is 37.4 Å². The number of hydrogen-bond acceptors (Lipinski definition) is 3. The molecule has 0 aliphatic carbocycles. The van der Waals surface area contributed by atoms with Gasteiger partial charge in [-0.15, -0.1) is 0 Å². The van der Waals surface area contributed by atoms with Crippen molar-refractivity contribution < 1.29 is 9.90 Å². The molecule has 0 saturated carbocycles. The van der Waals surface area contributed by atoms with Gasteiger partial charge in [0.1, 0.15) is 0 Å². The van der Waals surface area contributed by atoms with Crippen LogP contribution in [0.2, 0.25) is 0 Å². The van der Waals surface area contributed by atoms with E-state index < -0.39 is 0 Å². The Morgan fingerprint density at radius 3 is 2.78 bits per heavy atom. The summed E-state index contributed by atoms with van der Waals surface area (Å²) in [5, 5.41) is 12.0. The summed E-state index contributed by atoms with van der Waals surface area (Å²) < 4.78 is 0. The van der Waals surface area contributed by atoms with Crippen molar-refractivity contribution in [2.75, 3.05) is 5.32 Å². The number of anilines is 1. The standard InChI is InChI=1S/C14H14N2O2/c1-10-12(6-4-8-15-10)14(18)16-13-7-3-2-5-11(13)9-17/h2-8,17H,9H2,1H3,(H,16,18). The van der Waals surface area contributed by atoms with E-state index in [0.29, 0.717) is 22.5 Å². The molecule has 0 atom stereocenters. The first kappa shape index (κ1) is 12.3. The van der Waals surface area contributed by atoms with E-state index in [1.807, 2.05) is 12.1 Å². The van der Waals surface area contributed by atoms with Gasteiger partial charge in [0.25, 0.3) is 5.91 Å². The second-order valence-corrected chi connectivity index (χ2v) is 3.91. The molecule has 0 aliphatic rings. The van der Waals surface area contributed by atoms with Crippen LogP contribution in [0.4, 0.5) is 5.69 Å². The lowest BCUT2D eigenvalue weighted by Gasteiger charge is -2.10. The summed E-state index contributed by atoms with van der Waals surface area (Å²) in [5.41, 5.74) is 2.52. The molecule has 0 aliphatic heterocycles. The van der Waals surface area contributed by atoms with E-state index >= 15 is 0 Å². The lowest BCUT2D eigenvalue weighted by molar-refractivity contribution is 0.102. The molecular weight excluding hydrogens is 228 g/mol. The number of pyridine rings is 1. The maximum Gasteiger partial charge on any atom is 0.257 e. The van der Waals surface area contributed by atoms with E-state index in [2.05, 4.69) is 10.3 Å². The molecule has 2 rings (SSSR count). The quantitative estimate of drug-likeness (QED) is 0.866. The fourth-order valence-electron chi connectivity index (χ4n) is 1.69. The van der Waals surface area contributed by atoms with Crippen molar-refractivity contribution >= 4 is 11.6 Å². The highest BCUT2D eigenvalue weighted by Crippen LogP contribution is 2.16. The molecular formula is C14H14N2O2. The van der Waals surface area contributed by atoms with Crippen LogP contribution < -0.4 is 5.32 Å². The maximum absolute atomic E-state index is 12.1. The highest BCUT2D eigenvalue weighted by atomic mass is 16.3. The van der Waals surface area contributed by atoms with Crippen LogP contribution in [0.1, 0.15) is 21.6 Å². The minimum atomic E-state index is -0.221. The van der Waals surface area contributed by atoms with Crippen molar-refractivity contribution in [2.45, 2.75) is 13.5 Å². The van der Waals surface area contributed by atoms with E-state index in [-0.39, 0.29) is 12.5 Å². The van der Waals surface area contributed by atoms with Crippen LogP contribution in [0, 0.1) is 6.92 Å². The largest absolute Gasteiger partial charge is 0.392 e. The Morgan fingerprint density at radius 1 is 1.28 bits per heavy atom. The second-order valence-electron chi connectivity index (χ2n) is 3.91. The fraction of sp³-hybridized carbons (Fsp3) is 0.143. The number of aliphatic hydroxyl groups is 1. The number of aromatic nitrogens is 1. The number of nitrogens with zero attached hydrogens (tertiary/aromatic N) is 1. The molecule has 2 N–H and O–H groups in total. The van der Waals surface area contributed by atoms with Crippen molar-refractivity contribution in [3.8, 4) is 0 Å². The summed E-state index contributed by atoms with van der Waals surface area (Å²) in [7, 11) is 0. The Balaban J connectivity index is 2.24. The smallest absolute Gasteiger partial charge is 0.257 e. The van der Waals surface area contributed by atoms with Gasteiger partial charge in [-0.1, -0.05) is 18.2 Å². The van der Waals surface area contributed by atoms with Gasteiger partial charge in [-0.3, -0.25) is 9.78 Å². The topological polar surface area (TPSA) is 62.2 Å². The van der Waals surface area contributed by atoms with Gasteiger partial charge in [-0.25, -0.2) is 0 Å². The number of aliphatic hydroxyl groups excluding tert-OH is 1. The van der Waals surface area contributed by atoms with Crippen LogP contribution in [-0.2, 0) is 6.61 Å². The normalized spacial score (nSPS) is 10.1. The molecule has 1 amide bonds. The van der Waals surface area contributed by atoms with Crippen molar-refractivity contribution in [2.24, 2.45) is 0 Å². The van der Waals surface area contributed by atoms with Crippen molar-refractivity contribution in [3.63, 3.8) is 0 Å². The minimum Gasteiger partial charge on any atom is -0.392 e. The summed E-state index contributed by atoms with van der Waals surface area (Å²) in [5.74, 6) is -0.221. The third kappa shape index (κ3) is 2.55. The Kier molecular flexibility index (Phi) is 3.69. The zero-order valence-corrected chi connectivity index (χ0v) is 10.1. The summed E-state index contributed by atoms with van der Waals surface area (Å²) in [4.78, 5) is 16.1. The lowest BCUT2D eigenvalue weighted by Crippen LogP contribution is -2.15. The molecule has 1 aromatic heterocycles. The number of amides is 1. The molecule has 18 heavy (non-hydrogen) atoms. The van der Waals surface area contributed by atoms with E-state index in [1.165, 1.54) is 0 Å². The first-order valence-electron chi connectivity index (χ1n) is 5.64. The van der Waals surface area contributed by atoms with Crippen LogP contribution in [0.3, 0.4) is 0 Å². The van der Waals surface area contributed by atoms with Gasteiger partial charge in [0, 0.05) is 23.1 Å². The van der Waals surface area contributed by atoms with E-state index in [9.17, 15) is 9.90 Å². The second kappa shape index (κ2) is 5.42. The molecule has 0 fully saturated rings. The maximum atomic E-state index is 12.1. The number of carbonyl (C=O) groups is 1. The zero-order valence-electron chi connectivity index (χ0n) is 10.1. The van der Waals surface area contributed by atoms with Gasteiger partial charge in [0.2, 0.25) is 0 Å². The van der Waals surface area contributed by atoms with Crippen LogP contribution in [-0.4, -0.2) is 16.0 Å². The first-order chi connectivity index (χ1) is 8.72. The molecule has 1 heterocycles. The molecule has 92 valence electrons. The van der Waals surface area contributed by atoms with Gasteiger partial charge in [0.05, 0.1) is 12.2 Å². The third-order valence-electron chi connectivity index (χ3n) is 2.69. The number of para-hydroxylation sites is 1. The highest BCUT2D eigenvalue weighted by Gasteiger charge is 2.10. The molecule has 1 aromatic carbocycles. The van der Waals surface area contributed by atoms with Gasteiger partial charge < -0.3 is 10.4 Å². The molecule has 0 spiro atoms. The van der Waals surface area contributed by atoms with Crippen LogP contribution in [0.25, 0.3) is 0 Å². The monoisotopic (exact) mass is 242 g/mol. The number of aryl methyl sites for hydroxylation is 1. The van der Waals surface area contributed by atoms with Crippen molar-refractivity contribution in [1.82, 2.24) is 4.98 Å². The van der Waals surface area contributed by atoms with Gasteiger partial charge >= 0.3 is 0 Å². The van der Waals surface area contributed by atoms with E-state index in [4.69, 9.17) is 0 Å². The average Bonchev–Trinajstić information content (AvgIpc) is 2.39. The van der Waals surface area contributed by atoms with Gasteiger partial charge in [-0.05, 0) is 25.1 Å². The number of hydrogen-bond donors (Lipinski definition) is 2. The first-order valence-corrected chi connectivity index (χ1v) is 5.64. The molecule has 4 nitrogen and oxygen atoms in total. The molecule has 4 heteroatoms. The summed E-state index contributed by atoms with van der Waals surface area (Å²) >= 11 is 0. The van der Waals surface area contributed by atoms with Gasteiger partial charge in [-0.2, -0.15) is 0 Å². The average molecular weight is 242 g/mol. The number of rotatable bonds is 3. The Hall–Kier alpha value is -2.20. The highest BCUT2D eigenvalue weighted by molar-refractivity contribution is 6.05. The van der Waals surface area contributed by atoms with Crippen LogP contribution in [0.15, 0.2) is 42.6 Å². The predicted octanol–water partition coefficient (Wildman–Crippen LogP) is 2.13. The van der Waals surface area contributed by atoms with Crippen LogP contribution >= 0.6 is 0 Å². The lowest BCUT2D eigenvalue weighted by atomic mass is 10.1. The summed E-state index contributed by atoms with van der Waals surface area (Å²) in [6, 6.07) is 10.6. The molecule has 0 unspecified atom stereocenters. The van der Waals surface area contributed by atoms with E-state index in [0.717, 1.165) is 0 Å². The Bertz CT molecular complexity index is 567. The Labute approximate surface area is 105 Å². The van der Waals surface area contributed by atoms with Gasteiger partial charge in [0.15, 0.2) is 0 Å². The molecule has 0 radical (unpaired) electrons. The third-order valence-corrected chi connectivity index (χ3v) is 2.69. The molecule has 2 aromatic rings. The molecule has 0 saturated heterocycles. The number of nitrogens with one attached hydrogen (secondary N) is 1. The number of carbonyl (C=O) groups excluding carboxylic acids is 1. The molecule has 0 bridgehead atoms. The SMILES string of the molecule is Cc1ncccc1C(=O)Nc1ccccc1CO. The van der Waals surface area contributed by atoms with Crippen molar-refractivity contribution in [3.05, 3.63) is 59.4 Å². The minimum absolute atomic E-state index is 0.109. The number of benzene rings is 1. The predicted molar refractivity (Wildman–Crippen MR) is 69.3 cm³/mol. The summed E-state index contributed by atoms with van der Waals surface area (Å²) in [6.45, 7) is 1.68.